The maximum absolute atomic E-state index is 13.2. The monoisotopic (exact) mass is 910 g/mol. The average molecular weight is 911 g/mol. The van der Waals surface area contributed by atoms with Gasteiger partial charge in [-0.3, -0.25) is 9.59 Å². The molecule has 3 atom stereocenters. The van der Waals surface area contributed by atoms with Crippen LogP contribution in [0.4, 0.5) is 0 Å². The summed E-state index contributed by atoms with van der Waals surface area (Å²) < 4.78 is 5.93. The first-order valence-electron chi connectivity index (χ1n) is 28.1. The van der Waals surface area contributed by atoms with E-state index >= 15 is 0 Å². The Balaban J connectivity index is 4.56. The van der Waals surface area contributed by atoms with E-state index in [1.54, 1.807) is 0 Å². The Morgan fingerprint density at radius 1 is 0.462 bits per heavy atom. The second-order valence-corrected chi connectivity index (χ2v) is 19.0. The van der Waals surface area contributed by atoms with Crippen LogP contribution in [0.2, 0.25) is 0 Å². The predicted molar refractivity (Wildman–Crippen MR) is 282 cm³/mol. The smallest absolute Gasteiger partial charge is 0.306 e. The zero-order valence-electron chi connectivity index (χ0n) is 43.1. The number of esters is 1. The number of aliphatic hydroxyl groups excluding tert-OH is 2. The molecule has 0 rings (SSSR count). The fourth-order valence-corrected chi connectivity index (χ4v) is 8.44. The fourth-order valence-electron chi connectivity index (χ4n) is 8.44. The molecule has 3 unspecified atom stereocenters. The lowest BCUT2D eigenvalue weighted by Gasteiger charge is -2.24. The first-order valence-corrected chi connectivity index (χ1v) is 28.1. The van der Waals surface area contributed by atoms with Crippen LogP contribution >= 0.6 is 0 Å². The summed E-state index contributed by atoms with van der Waals surface area (Å²) in [5.41, 5.74) is 0. The molecular formula is C59H107NO5. The van der Waals surface area contributed by atoms with Crippen molar-refractivity contribution >= 4 is 11.9 Å². The molecule has 378 valence electrons. The molecule has 0 bridgehead atoms. The number of amides is 1. The molecule has 0 fully saturated rings. The molecule has 65 heavy (non-hydrogen) atoms. The molecule has 6 heteroatoms. The lowest BCUT2D eigenvalue weighted by molar-refractivity contribution is -0.151. The number of nitrogens with one attached hydrogen (secondary N) is 1. The molecule has 0 aromatic carbocycles. The molecule has 0 saturated heterocycles. The molecule has 6 nitrogen and oxygen atoms in total. The normalized spacial score (nSPS) is 13.6. The van der Waals surface area contributed by atoms with Crippen molar-refractivity contribution in [2.24, 2.45) is 0 Å². The van der Waals surface area contributed by atoms with E-state index in [0.29, 0.717) is 19.3 Å². The maximum Gasteiger partial charge on any atom is 0.306 e. The third kappa shape index (κ3) is 47.8. The van der Waals surface area contributed by atoms with Crippen LogP contribution in [0.3, 0.4) is 0 Å². The number of carbonyl (C=O) groups excluding carboxylic acids is 2. The lowest BCUT2D eigenvalue weighted by Crippen LogP contribution is -2.46. The minimum atomic E-state index is -0.802. The molecule has 0 radical (unpaired) electrons. The number of allylic oxidation sites excluding steroid dienone is 10. The zero-order valence-corrected chi connectivity index (χ0v) is 43.1. The summed E-state index contributed by atoms with van der Waals surface area (Å²) in [4.78, 5) is 26.2. The predicted octanol–water partition coefficient (Wildman–Crippen LogP) is 17.2. The van der Waals surface area contributed by atoms with Crippen LogP contribution in [0.25, 0.3) is 0 Å². The van der Waals surface area contributed by atoms with Gasteiger partial charge in [0, 0.05) is 6.42 Å². The fraction of sp³-hybridized carbons (Fsp3) is 0.797. The Morgan fingerprint density at radius 2 is 0.846 bits per heavy atom. The van der Waals surface area contributed by atoms with Crippen LogP contribution in [-0.4, -0.2) is 46.9 Å². The third-order valence-electron chi connectivity index (χ3n) is 12.7. The standard InChI is InChI=1S/C59H107NO5/c1-4-7-10-13-16-19-22-25-27-29-30-33-36-39-42-45-48-51-57(62)56(54-61)60-58(63)53-55(50-47-44-41-38-35-32-24-21-18-15-12-9-6-3)65-59(64)52-49-46-43-40-37-34-31-28-26-23-20-17-14-11-8-5-2/h9,12,15,18,21,24,28,31-32,35,55-57,61-62H,4-8,10-11,13-14,16-17,19-20,22-23,25-27,29-30,33-34,36-54H2,1-3H3,(H,60,63)/b12-9+,18-15+,24-21+,31-28+,35-32-. The van der Waals surface area contributed by atoms with Gasteiger partial charge < -0.3 is 20.3 Å². The van der Waals surface area contributed by atoms with Gasteiger partial charge in [-0.15, -0.1) is 0 Å². The number of hydrogen-bond acceptors (Lipinski definition) is 5. The molecule has 0 aromatic heterocycles. The highest BCUT2D eigenvalue weighted by molar-refractivity contribution is 5.77. The van der Waals surface area contributed by atoms with Crippen LogP contribution in [0, 0.1) is 0 Å². The third-order valence-corrected chi connectivity index (χ3v) is 12.7. The molecule has 0 aliphatic heterocycles. The van der Waals surface area contributed by atoms with E-state index in [9.17, 15) is 19.8 Å². The average Bonchev–Trinajstić information content (AvgIpc) is 3.30. The number of unbranched alkanes of at least 4 members (excludes halogenated alkanes) is 31. The first kappa shape index (κ1) is 62.6. The van der Waals surface area contributed by atoms with Gasteiger partial charge in [-0.05, 0) is 70.6 Å². The highest BCUT2D eigenvalue weighted by Crippen LogP contribution is 2.18. The van der Waals surface area contributed by atoms with E-state index in [4.69, 9.17) is 4.74 Å². The molecule has 0 saturated carbocycles. The Kier molecular flexibility index (Phi) is 50.6. The summed E-state index contributed by atoms with van der Waals surface area (Å²) in [5, 5.41) is 23.9. The van der Waals surface area contributed by atoms with Gasteiger partial charge in [-0.1, -0.05) is 255 Å². The van der Waals surface area contributed by atoms with Gasteiger partial charge in [-0.2, -0.15) is 0 Å². The van der Waals surface area contributed by atoms with Gasteiger partial charge in [0.15, 0.2) is 0 Å². The SMILES string of the molecule is CC/C=C/C=C/C=C/C=C\CCCCCC(CC(=O)NC(CO)C(O)CCCCCCCCCCCCCCCCCCC)OC(=O)CCCCCCC/C=C/CCCCCCCCC. The van der Waals surface area contributed by atoms with Crippen molar-refractivity contribution in [1.29, 1.82) is 0 Å². The zero-order chi connectivity index (χ0) is 47.4. The number of hydrogen-bond donors (Lipinski definition) is 3. The molecule has 3 N–H and O–H groups in total. The second-order valence-electron chi connectivity index (χ2n) is 19.0. The van der Waals surface area contributed by atoms with E-state index in [0.717, 1.165) is 77.0 Å². The Bertz CT molecular complexity index is 1160. The maximum atomic E-state index is 13.2. The van der Waals surface area contributed by atoms with Crippen LogP contribution in [0.15, 0.2) is 60.8 Å². The Labute approximate surface area is 403 Å². The molecule has 1 amide bonds. The minimum Gasteiger partial charge on any atom is -0.462 e. The van der Waals surface area contributed by atoms with Crippen molar-refractivity contribution in [2.75, 3.05) is 6.61 Å². The van der Waals surface area contributed by atoms with Gasteiger partial charge in [0.25, 0.3) is 0 Å². The molecule has 0 heterocycles. The number of aliphatic hydroxyl groups is 2. The van der Waals surface area contributed by atoms with Crippen molar-refractivity contribution in [3.8, 4) is 0 Å². The quantitative estimate of drug-likeness (QED) is 0.0245. The van der Waals surface area contributed by atoms with Crippen molar-refractivity contribution in [2.45, 2.75) is 296 Å². The van der Waals surface area contributed by atoms with Gasteiger partial charge in [0.05, 0.1) is 25.2 Å². The van der Waals surface area contributed by atoms with Crippen LogP contribution < -0.4 is 5.32 Å². The van der Waals surface area contributed by atoms with Crippen molar-refractivity contribution < 1.29 is 24.5 Å². The Morgan fingerprint density at radius 3 is 1.32 bits per heavy atom. The summed E-state index contributed by atoms with van der Waals surface area (Å²) in [7, 11) is 0. The van der Waals surface area contributed by atoms with Gasteiger partial charge >= 0.3 is 5.97 Å². The molecule has 0 spiro atoms. The van der Waals surface area contributed by atoms with E-state index in [1.165, 1.54) is 154 Å². The van der Waals surface area contributed by atoms with E-state index in [-0.39, 0.29) is 24.9 Å². The highest BCUT2D eigenvalue weighted by atomic mass is 16.5. The van der Waals surface area contributed by atoms with Crippen LogP contribution in [-0.2, 0) is 14.3 Å². The van der Waals surface area contributed by atoms with Gasteiger partial charge in [0.2, 0.25) is 5.91 Å². The van der Waals surface area contributed by atoms with Crippen molar-refractivity contribution in [3.05, 3.63) is 60.8 Å². The number of rotatable bonds is 50. The number of carbonyl (C=O) groups is 2. The topological polar surface area (TPSA) is 95.9 Å². The van der Waals surface area contributed by atoms with E-state index < -0.39 is 18.2 Å². The number of ether oxygens (including phenoxy) is 1. The molecule has 0 aliphatic rings. The molecule has 0 aromatic rings. The van der Waals surface area contributed by atoms with Gasteiger partial charge in [0.1, 0.15) is 6.10 Å². The lowest BCUT2D eigenvalue weighted by atomic mass is 10.0. The molecule has 0 aliphatic carbocycles. The second kappa shape index (κ2) is 52.5. The van der Waals surface area contributed by atoms with Crippen LogP contribution in [0.5, 0.6) is 0 Å². The van der Waals surface area contributed by atoms with Crippen molar-refractivity contribution in [3.63, 3.8) is 0 Å². The highest BCUT2D eigenvalue weighted by Gasteiger charge is 2.24. The Hall–Kier alpha value is -2.44. The van der Waals surface area contributed by atoms with Crippen molar-refractivity contribution in [1.82, 2.24) is 5.32 Å². The summed E-state index contributed by atoms with van der Waals surface area (Å²) in [6.07, 6.45) is 65.7. The van der Waals surface area contributed by atoms with E-state index in [1.807, 2.05) is 24.3 Å². The summed E-state index contributed by atoms with van der Waals surface area (Å²) in [5.74, 6) is -0.517. The van der Waals surface area contributed by atoms with E-state index in [2.05, 4.69) is 62.5 Å². The molecular weight excluding hydrogens is 803 g/mol. The largest absolute Gasteiger partial charge is 0.462 e. The van der Waals surface area contributed by atoms with Gasteiger partial charge in [-0.25, -0.2) is 0 Å². The minimum absolute atomic E-state index is 0.0478. The van der Waals surface area contributed by atoms with Crippen LogP contribution in [0.1, 0.15) is 278 Å². The summed E-state index contributed by atoms with van der Waals surface area (Å²) in [6.45, 7) is 6.35. The summed E-state index contributed by atoms with van der Waals surface area (Å²) in [6, 6.07) is -0.718. The first-order chi connectivity index (χ1) is 32.0. The summed E-state index contributed by atoms with van der Waals surface area (Å²) >= 11 is 0.